The molecule has 1 saturated carbocycles. The minimum Gasteiger partial charge on any atom is -0.298 e. The summed E-state index contributed by atoms with van der Waals surface area (Å²) in [4.78, 5) is 16.4. The molecule has 0 aliphatic heterocycles. The Morgan fingerprint density at radius 3 is 2.60 bits per heavy atom. The predicted molar refractivity (Wildman–Crippen MR) is 71.6 cm³/mol. The molecule has 1 heterocycles. The van der Waals surface area contributed by atoms with Crippen molar-refractivity contribution in [2.75, 3.05) is 0 Å². The molecule has 0 saturated heterocycles. The van der Waals surface area contributed by atoms with Gasteiger partial charge in [-0.15, -0.1) is 0 Å². The maximum Gasteiger partial charge on any atom is 0.261 e. The molecule has 1 aliphatic rings. The summed E-state index contributed by atoms with van der Waals surface area (Å²) in [7, 11) is 0. The first-order valence-corrected chi connectivity index (χ1v) is 6.53. The van der Waals surface area contributed by atoms with Gasteiger partial charge in [-0.2, -0.15) is 0 Å². The van der Waals surface area contributed by atoms with Crippen molar-refractivity contribution < 1.29 is 8.78 Å². The summed E-state index contributed by atoms with van der Waals surface area (Å²) < 4.78 is 27.1. The molecule has 1 aromatic carbocycles. The van der Waals surface area contributed by atoms with Gasteiger partial charge in [0.25, 0.3) is 5.56 Å². The lowest BCUT2D eigenvalue weighted by Gasteiger charge is -2.35. The van der Waals surface area contributed by atoms with Crippen LogP contribution < -0.4 is 5.56 Å². The van der Waals surface area contributed by atoms with Crippen LogP contribution in [0.5, 0.6) is 0 Å². The molecule has 1 aromatic heterocycles. The number of nitrogens with zero attached hydrogens (tertiary/aromatic N) is 2. The van der Waals surface area contributed by atoms with Crippen LogP contribution in [0.3, 0.4) is 0 Å². The first-order chi connectivity index (χ1) is 9.55. The Kier molecular flexibility index (Phi) is 3.12. The Bertz CT molecular complexity index is 659. The zero-order valence-corrected chi connectivity index (χ0v) is 10.8. The average molecular weight is 276 g/mol. The van der Waals surface area contributed by atoms with Gasteiger partial charge in [0.2, 0.25) is 5.92 Å². The molecule has 1 fully saturated rings. The first-order valence-electron chi connectivity index (χ1n) is 6.53. The second kappa shape index (κ2) is 4.81. The second-order valence-corrected chi connectivity index (χ2v) is 5.26. The maximum absolute atomic E-state index is 12.8. The van der Waals surface area contributed by atoms with E-state index in [9.17, 15) is 13.6 Å². The Balaban J connectivity index is 1.85. The van der Waals surface area contributed by atoms with Gasteiger partial charge in [0.1, 0.15) is 0 Å². The number of hydrogen-bond acceptors (Lipinski definition) is 2. The summed E-state index contributed by atoms with van der Waals surface area (Å²) in [5, 5.41) is 0. The number of aromatic nitrogens is 2. The van der Waals surface area contributed by atoms with E-state index >= 15 is 0 Å². The fraction of sp³-hybridized carbons (Fsp3) is 0.333. The van der Waals surface area contributed by atoms with Crippen molar-refractivity contribution in [3.8, 4) is 11.1 Å². The van der Waals surface area contributed by atoms with Crippen molar-refractivity contribution in [3.63, 3.8) is 0 Å². The molecule has 3 nitrogen and oxygen atoms in total. The van der Waals surface area contributed by atoms with E-state index < -0.39 is 5.92 Å². The Hall–Kier alpha value is -2.04. The quantitative estimate of drug-likeness (QED) is 0.864. The van der Waals surface area contributed by atoms with Gasteiger partial charge < -0.3 is 0 Å². The highest BCUT2D eigenvalue weighted by molar-refractivity contribution is 5.60. The Labute approximate surface area is 114 Å². The molecule has 20 heavy (non-hydrogen) atoms. The van der Waals surface area contributed by atoms with E-state index in [1.54, 1.807) is 0 Å². The number of halogens is 2. The van der Waals surface area contributed by atoms with Crippen LogP contribution in [0, 0.1) is 5.92 Å². The number of alkyl halides is 2. The van der Waals surface area contributed by atoms with E-state index in [0.717, 1.165) is 5.56 Å². The molecule has 104 valence electrons. The molecule has 5 heteroatoms. The summed E-state index contributed by atoms with van der Waals surface area (Å²) in [6.07, 6.45) is 2.65. The van der Waals surface area contributed by atoms with Gasteiger partial charge in [-0.05, 0) is 11.5 Å². The first kappa shape index (κ1) is 13.0. The highest BCUT2D eigenvalue weighted by Crippen LogP contribution is 2.42. The average Bonchev–Trinajstić information content (AvgIpc) is 2.40. The molecule has 0 atom stereocenters. The van der Waals surface area contributed by atoms with Gasteiger partial charge in [-0.25, -0.2) is 13.8 Å². The van der Waals surface area contributed by atoms with Crippen LogP contribution in [-0.2, 0) is 6.54 Å². The highest BCUT2D eigenvalue weighted by atomic mass is 19.3. The SMILES string of the molecule is O=c1c(-c2ccccc2)cncn1CC1CC(F)(F)C1. The highest BCUT2D eigenvalue weighted by Gasteiger charge is 2.45. The molecular weight excluding hydrogens is 262 g/mol. The summed E-state index contributed by atoms with van der Waals surface area (Å²) >= 11 is 0. The van der Waals surface area contributed by atoms with Crippen LogP contribution in [0.15, 0.2) is 47.7 Å². The van der Waals surface area contributed by atoms with Crippen LogP contribution in [-0.4, -0.2) is 15.5 Å². The van der Waals surface area contributed by atoms with E-state index in [4.69, 9.17) is 0 Å². The zero-order valence-electron chi connectivity index (χ0n) is 10.8. The van der Waals surface area contributed by atoms with Gasteiger partial charge in [-0.1, -0.05) is 30.3 Å². The van der Waals surface area contributed by atoms with Crippen LogP contribution in [0.2, 0.25) is 0 Å². The molecular formula is C15H14F2N2O. The van der Waals surface area contributed by atoms with Crippen molar-refractivity contribution in [2.45, 2.75) is 25.3 Å². The minimum atomic E-state index is -2.56. The minimum absolute atomic E-state index is 0.143. The van der Waals surface area contributed by atoms with Crippen molar-refractivity contribution in [2.24, 2.45) is 5.92 Å². The lowest BCUT2D eigenvalue weighted by Crippen LogP contribution is -2.39. The Morgan fingerprint density at radius 2 is 1.95 bits per heavy atom. The van der Waals surface area contributed by atoms with Crippen LogP contribution in [0.1, 0.15) is 12.8 Å². The van der Waals surface area contributed by atoms with E-state index in [1.807, 2.05) is 30.3 Å². The fourth-order valence-corrected chi connectivity index (χ4v) is 2.59. The van der Waals surface area contributed by atoms with Crippen molar-refractivity contribution >= 4 is 0 Å². The topological polar surface area (TPSA) is 34.9 Å². The van der Waals surface area contributed by atoms with E-state index in [2.05, 4.69) is 4.98 Å². The maximum atomic E-state index is 12.8. The number of hydrogen-bond donors (Lipinski definition) is 0. The summed E-state index contributed by atoms with van der Waals surface area (Å²) in [5.41, 5.74) is 1.11. The molecule has 3 rings (SSSR count). The number of benzene rings is 1. The third-order valence-corrected chi connectivity index (χ3v) is 3.62. The van der Waals surface area contributed by atoms with E-state index in [-0.39, 0.29) is 24.3 Å². The summed E-state index contributed by atoms with van der Waals surface area (Å²) in [6, 6.07) is 9.23. The lowest BCUT2D eigenvalue weighted by molar-refractivity contribution is -0.114. The van der Waals surface area contributed by atoms with Gasteiger partial charge >= 0.3 is 0 Å². The van der Waals surface area contributed by atoms with Crippen LogP contribution in [0.4, 0.5) is 8.78 Å². The van der Waals surface area contributed by atoms with E-state index in [1.165, 1.54) is 17.1 Å². The second-order valence-electron chi connectivity index (χ2n) is 5.26. The standard InChI is InChI=1S/C15H14F2N2O/c16-15(17)6-11(7-15)9-19-10-18-8-13(14(19)20)12-4-2-1-3-5-12/h1-5,8,10-11H,6-7,9H2. The predicted octanol–water partition coefficient (Wildman–Crippen LogP) is 2.96. The molecule has 0 unspecified atom stereocenters. The Morgan fingerprint density at radius 1 is 1.25 bits per heavy atom. The lowest BCUT2D eigenvalue weighted by atomic mass is 9.81. The van der Waals surface area contributed by atoms with Gasteiger partial charge in [-0.3, -0.25) is 9.36 Å². The largest absolute Gasteiger partial charge is 0.298 e. The smallest absolute Gasteiger partial charge is 0.261 e. The van der Waals surface area contributed by atoms with Gasteiger partial charge in [0.15, 0.2) is 0 Å². The molecule has 0 bridgehead atoms. The molecule has 0 N–H and O–H groups in total. The summed E-state index contributed by atoms with van der Waals surface area (Å²) in [5.74, 6) is -2.70. The fourth-order valence-electron chi connectivity index (χ4n) is 2.59. The zero-order chi connectivity index (χ0) is 14.2. The molecule has 1 aliphatic carbocycles. The van der Waals surface area contributed by atoms with Crippen LogP contribution in [0.25, 0.3) is 11.1 Å². The van der Waals surface area contributed by atoms with Gasteiger partial charge in [0, 0.05) is 25.6 Å². The summed E-state index contributed by atoms with van der Waals surface area (Å²) in [6.45, 7) is 0.308. The molecule has 0 amide bonds. The third kappa shape index (κ3) is 2.48. The van der Waals surface area contributed by atoms with Crippen LogP contribution >= 0.6 is 0 Å². The molecule has 0 radical (unpaired) electrons. The van der Waals surface area contributed by atoms with Crippen molar-refractivity contribution in [3.05, 3.63) is 53.2 Å². The third-order valence-electron chi connectivity index (χ3n) is 3.62. The molecule has 0 spiro atoms. The normalized spacial score (nSPS) is 17.7. The number of rotatable bonds is 3. The van der Waals surface area contributed by atoms with Crippen molar-refractivity contribution in [1.82, 2.24) is 9.55 Å². The van der Waals surface area contributed by atoms with Crippen molar-refractivity contribution in [1.29, 1.82) is 0 Å². The molecule has 2 aromatic rings. The van der Waals surface area contributed by atoms with Gasteiger partial charge in [0.05, 0.1) is 11.9 Å². The van der Waals surface area contributed by atoms with E-state index in [0.29, 0.717) is 12.1 Å². The monoisotopic (exact) mass is 276 g/mol.